The molecule has 2 aromatic rings. The van der Waals surface area contributed by atoms with E-state index in [0.717, 1.165) is 0 Å². The monoisotopic (exact) mass is 538 g/mol. The van der Waals surface area contributed by atoms with Crippen molar-refractivity contribution in [2.45, 2.75) is 42.9 Å². The normalized spacial score (nSPS) is 32.1. The fourth-order valence-corrected chi connectivity index (χ4v) is 4.96. The molecule has 0 aliphatic carbocycles. The minimum absolute atomic E-state index is 0.0236. The Morgan fingerprint density at radius 1 is 0.895 bits per heavy atom. The first-order chi connectivity index (χ1) is 18.2. The van der Waals surface area contributed by atoms with Crippen LogP contribution in [0, 0.1) is 11.8 Å². The summed E-state index contributed by atoms with van der Waals surface area (Å²) in [5, 5.41) is 70.9. The molecular weight excluding hydrogens is 504 g/mol. The summed E-state index contributed by atoms with van der Waals surface area (Å²) < 4.78 is 27.6. The summed E-state index contributed by atoms with van der Waals surface area (Å²) in [5.41, 5.74) is 1.15. The third kappa shape index (κ3) is 5.40. The predicted octanol–water partition coefficient (Wildman–Crippen LogP) is -0.382. The Labute approximate surface area is 219 Å². The van der Waals surface area contributed by atoms with Crippen molar-refractivity contribution in [1.82, 2.24) is 0 Å². The molecule has 2 saturated heterocycles. The number of rotatable bonds is 9. The molecule has 12 heteroatoms. The van der Waals surface area contributed by atoms with Crippen LogP contribution < -0.4 is 14.2 Å². The van der Waals surface area contributed by atoms with Gasteiger partial charge in [-0.15, -0.1) is 0 Å². The molecule has 9 atom stereocenters. The topological polar surface area (TPSA) is 188 Å². The molecule has 4 rings (SSSR count). The van der Waals surface area contributed by atoms with Crippen LogP contribution in [0.25, 0.3) is 0 Å². The number of phenolic OH excluding ortho intramolecular Hbond substituents is 1. The van der Waals surface area contributed by atoms with Crippen LogP contribution in [-0.4, -0.2) is 100 Å². The number of aliphatic hydroxyl groups excluding tert-OH is 6. The number of aliphatic hydroxyl groups is 6. The lowest BCUT2D eigenvalue weighted by molar-refractivity contribution is -0.277. The molecule has 9 unspecified atom stereocenters. The second kappa shape index (κ2) is 12.0. The van der Waals surface area contributed by atoms with E-state index in [2.05, 4.69) is 0 Å². The van der Waals surface area contributed by atoms with Gasteiger partial charge in [0.15, 0.2) is 23.0 Å². The third-order valence-electron chi connectivity index (χ3n) is 7.18. The van der Waals surface area contributed by atoms with E-state index in [1.165, 1.54) is 32.4 Å². The van der Waals surface area contributed by atoms with Crippen molar-refractivity contribution < 1.29 is 59.4 Å². The molecule has 2 aliphatic rings. The highest BCUT2D eigenvalue weighted by Gasteiger charge is 2.45. The average molecular weight is 539 g/mol. The highest BCUT2D eigenvalue weighted by molar-refractivity contribution is 5.45. The van der Waals surface area contributed by atoms with Gasteiger partial charge in [0.05, 0.1) is 39.6 Å². The van der Waals surface area contributed by atoms with Crippen molar-refractivity contribution in [1.29, 1.82) is 0 Å². The second-order valence-electron chi connectivity index (χ2n) is 9.37. The van der Waals surface area contributed by atoms with E-state index in [-0.39, 0.29) is 36.2 Å². The molecule has 12 nitrogen and oxygen atoms in total. The highest BCUT2D eigenvalue weighted by atomic mass is 16.7. The summed E-state index contributed by atoms with van der Waals surface area (Å²) in [5.74, 6) is -0.376. The van der Waals surface area contributed by atoms with Gasteiger partial charge in [-0.05, 0) is 35.4 Å². The summed E-state index contributed by atoms with van der Waals surface area (Å²) >= 11 is 0. The van der Waals surface area contributed by atoms with Crippen LogP contribution in [0.1, 0.15) is 23.3 Å². The molecule has 0 spiro atoms. The SMILES string of the molecule is COc1cc(C2OCC(C(O)c3ccc(OC4OC(CO)C(O)C(O)C4O)c(OC)c3)C2CO)ccc1O. The standard InChI is InChI=1S/C26H34O12/c1-34-18-8-13(3-5-16(18)29)25-14(9-27)15(11-36-25)21(30)12-4-6-17(19(7-12)35-2)37-26-24(33)23(32)22(31)20(10-28)38-26/h3-8,14-15,20-33H,9-11H2,1-2H3. The largest absolute Gasteiger partial charge is 0.504 e. The van der Waals surface area contributed by atoms with Gasteiger partial charge >= 0.3 is 0 Å². The second-order valence-corrected chi connectivity index (χ2v) is 9.37. The minimum Gasteiger partial charge on any atom is -0.504 e. The van der Waals surface area contributed by atoms with Crippen molar-refractivity contribution in [3.05, 3.63) is 47.5 Å². The Balaban J connectivity index is 1.52. The first kappa shape index (κ1) is 28.3. The van der Waals surface area contributed by atoms with Gasteiger partial charge in [0, 0.05) is 18.4 Å². The molecule has 0 amide bonds. The van der Waals surface area contributed by atoms with Gasteiger partial charge in [0.2, 0.25) is 6.29 Å². The van der Waals surface area contributed by atoms with Gasteiger partial charge in [-0.25, -0.2) is 0 Å². The predicted molar refractivity (Wildman–Crippen MR) is 130 cm³/mol. The number of methoxy groups -OCH3 is 2. The van der Waals surface area contributed by atoms with Crippen LogP contribution in [0.15, 0.2) is 36.4 Å². The zero-order valence-electron chi connectivity index (χ0n) is 21.0. The minimum atomic E-state index is -1.60. The maximum atomic E-state index is 11.2. The number of benzene rings is 2. The number of phenols is 1. The zero-order chi connectivity index (χ0) is 27.6. The molecular formula is C26H34O12. The Morgan fingerprint density at radius 2 is 1.63 bits per heavy atom. The van der Waals surface area contributed by atoms with Crippen LogP contribution >= 0.6 is 0 Å². The van der Waals surface area contributed by atoms with Gasteiger partial charge in [-0.3, -0.25) is 0 Å². The first-order valence-electron chi connectivity index (χ1n) is 12.2. The Morgan fingerprint density at radius 3 is 2.29 bits per heavy atom. The van der Waals surface area contributed by atoms with E-state index < -0.39 is 61.4 Å². The molecule has 210 valence electrons. The van der Waals surface area contributed by atoms with Gasteiger partial charge in [0.1, 0.15) is 24.4 Å². The van der Waals surface area contributed by atoms with Crippen LogP contribution in [0.2, 0.25) is 0 Å². The molecule has 0 saturated carbocycles. The molecule has 0 aromatic heterocycles. The molecule has 0 bridgehead atoms. The zero-order valence-corrected chi connectivity index (χ0v) is 21.0. The summed E-state index contributed by atoms with van der Waals surface area (Å²) in [4.78, 5) is 0. The quantitative estimate of drug-likeness (QED) is 0.220. The lowest BCUT2D eigenvalue weighted by atomic mass is 9.82. The van der Waals surface area contributed by atoms with Gasteiger partial charge in [0.25, 0.3) is 0 Å². The average Bonchev–Trinajstić information content (AvgIpc) is 3.37. The van der Waals surface area contributed by atoms with E-state index in [1.54, 1.807) is 18.2 Å². The van der Waals surface area contributed by atoms with E-state index >= 15 is 0 Å². The van der Waals surface area contributed by atoms with Crippen molar-refractivity contribution in [2.24, 2.45) is 11.8 Å². The molecule has 38 heavy (non-hydrogen) atoms. The smallest absolute Gasteiger partial charge is 0.229 e. The number of hydrogen-bond acceptors (Lipinski definition) is 12. The van der Waals surface area contributed by atoms with Gasteiger partial charge in [-0.2, -0.15) is 0 Å². The Kier molecular flexibility index (Phi) is 8.96. The molecule has 2 fully saturated rings. The summed E-state index contributed by atoms with van der Waals surface area (Å²) in [6.07, 6.45) is -8.84. The summed E-state index contributed by atoms with van der Waals surface area (Å²) in [6.45, 7) is -0.697. The summed E-state index contributed by atoms with van der Waals surface area (Å²) in [7, 11) is 2.82. The van der Waals surface area contributed by atoms with E-state index in [1.807, 2.05) is 0 Å². The van der Waals surface area contributed by atoms with E-state index in [4.69, 9.17) is 23.7 Å². The molecule has 0 radical (unpaired) electrons. The van der Waals surface area contributed by atoms with E-state index in [9.17, 15) is 35.7 Å². The van der Waals surface area contributed by atoms with Gasteiger partial charge in [-0.1, -0.05) is 12.1 Å². The first-order valence-corrected chi connectivity index (χ1v) is 12.2. The number of hydrogen-bond donors (Lipinski definition) is 7. The van der Waals surface area contributed by atoms with Crippen LogP contribution in [0.3, 0.4) is 0 Å². The number of aromatic hydroxyl groups is 1. The van der Waals surface area contributed by atoms with Crippen molar-refractivity contribution >= 4 is 0 Å². The molecule has 2 heterocycles. The van der Waals surface area contributed by atoms with Crippen LogP contribution in [0.5, 0.6) is 23.0 Å². The van der Waals surface area contributed by atoms with Crippen molar-refractivity contribution in [3.8, 4) is 23.0 Å². The molecule has 2 aromatic carbocycles. The maximum Gasteiger partial charge on any atom is 0.229 e. The summed E-state index contributed by atoms with van der Waals surface area (Å²) in [6, 6.07) is 9.40. The highest BCUT2D eigenvalue weighted by Crippen LogP contribution is 2.46. The third-order valence-corrected chi connectivity index (χ3v) is 7.18. The lowest BCUT2D eigenvalue weighted by Crippen LogP contribution is -2.60. The Hall–Kier alpha value is -2.68. The lowest BCUT2D eigenvalue weighted by Gasteiger charge is -2.39. The van der Waals surface area contributed by atoms with Crippen LogP contribution in [-0.2, 0) is 9.47 Å². The van der Waals surface area contributed by atoms with Crippen molar-refractivity contribution in [2.75, 3.05) is 34.0 Å². The fraction of sp³-hybridized carbons (Fsp3) is 0.538. The Bertz CT molecular complexity index is 1080. The van der Waals surface area contributed by atoms with Crippen molar-refractivity contribution in [3.63, 3.8) is 0 Å². The fourth-order valence-electron chi connectivity index (χ4n) is 4.96. The van der Waals surface area contributed by atoms with Gasteiger partial charge < -0.3 is 59.4 Å². The maximum absolute atomic E-state index is 11.2. The molecule has 7 N–H and O–H groups in total. The number of ether oxygens (including phenoxy) is 5. The molecule has 2 aliphatic heterocycles. The van der Waals surface area contributed by atoms with Crippen LogP contribution in [0.4, 0.5) is 0 Å². The van der Waals surface area contributed by atoms with E-state index in [0.29, 0.717) is 11.1 Å².